The lowest BCUT2D eigenvalue weighted by atomic mass is 10.1. The number of rotatable bonds is 5. The molecule has 1 unspecified atom stereocenters. The second-order valence-corrected chi connectivity index (χ2v) is 5.06. The van der Waals surface area contributed by atoms with E-state index >= 15 is 0 Å². The van der Waals surface area contributed by atoms with Crippen LogP contribution in [0.15, 0.2) is 18.2 Å². The van der Waals surface area contributed by atoms with Crippen molar-refractivity contribution in [2.45, 2.75) is 32.7 Å². The summed E-state index contributed by atoms with van der Waals surface area (Å²) >= 11 is 0. The van der Waals surface area contributed by atoms with E-state index in [1.807, 2.05) is 13.0 Å². The minimum Gasteiger partial charge on any atom is -0.370 e. The number of nitro groups is 1. The van der Waals surface area contributed by atoms with Gasteiger partial charge in [-0.2, -0.15) is 0 Å². The second-order valence-electron chi connectivity index (χ2n) is 5.06. The maximum Gasteiger partial charge on any atom is 0.271 e. The first-order valence-corrected chi connectivity index (χ1v) is 6.85. The Balaban J connectivity index is 2.20. The van der Waals surface area contributed by atoms with Crippen LogP contribution in [0.2, 0.25) is 0 Å². The number of aryl methyl sites for hydroxylation is 1. The molecule has 1 N–H and O–H groups in total. The van der Waals surface area contributed by atoms with E-state index in [0.29, 0.717) is 6.04 Å². The van der Waals surface area contributed by atoms with Crippen molar-refractivity contribution in [1.82, 2.24) is 5.32 Å². The molecule has 19 heavy (non-hydrogen) atoms. The molecule has 2 rings (SSSR count). The Morgan fingerprint density at radius 3 is 2.89 bits per heavy atom. The van der Waals surface area contributed by atoms with Gasteiger partial charge >= 0.3 is 0 Å². The van der Waals surface area contributed by atoms with Crippen LogP contribution < -0.4 is 10.2 Å². The molecule has 5 nitrogen and oxygen atoms in total. The number of hydrogen-bond donors (Lipinski definition) is 1. The van der Waals surface area contributed by atoms with Crippen LogP contribution in [0, 0.1) is 17.0 Å². The predicted octanol–water partition coefficient (Wildman–Crippen LogP) is 2.48. The van der Waals surface area contributed by atoms with E-state index in [2.05, 4.69) is 17.1 Å². The van der Waals surface area contributed by atoms with Gasteiger partial charge in [-0.05, 0) is 38.8 Å². The average molecular weight is 263 g/mol. The molecule has 0 spiro atoms. The number of hydrogen-bond acceptors (Lipinski definition) is 4. The molecule has 0 amide bonds. The normalized spacial score (nSPS) is 18.5. The van der Waals surface area contributed by atoms with Crippen LogP contribution >= 0.6 is 0 Å². The van der Waals surface area contributed by atoms with Crippen molar-refractivity contribution in [2.75, 3.05) is 24.5 Å². The molecule has 0 radical (unpaired) electrons. The molecule has 104 valence electrons. The zero-order valence-corrected chi connectivity index (χ0v) is 11.6. The van der Waals surface area contributed by atoms with E-state index in [1.165, 1.54) is 12.8 Å². The zero-order valence-electron chi connectivity index (χ0n) is 11.6. The summed E-state index contributed by atoms with van der Waals surface area (Å²) < 4.78 is 0. The molecule has 1 heterocycles. The first kappa shape index (κ1) is 13.8. The fourth-order valence-corrected chi connectivity index (χ4v) is 2.63. The molecule has 0 aliphatic carbocycles. The van der Waals surface area contributed by atoms with Gasteiger partial charge in [0, 0.05) is 37.0 Å². The lowest BCUT2D eigenvalue weighted by Crippen LogP contribution is -2.37. The fourth-order valence-electron chi connectivity index (χ4n) is 2.63. The summed E-state index contributed by atoms with van der Waals surface area (Å²) in [5.74, 6) is 0. The van der Waals surface area contributed by atoms with Gasteiger partial charge in [0.25, 0.3) is 5.69 Å². The smallest absolute Gasteiger partial charge is 0.271 e. The SMILES string of the molecule is CCN(CC1CCCN1)c1cc([N+](=O)[O-])ccc1C. The van der Waals surface area contributed by atoms with Gasteiger partial charge in [-0.15, -0.1) is 0 Å². The van der Waals surface area contributed by atoms with E-state index in [-0.39, 0.29) is 10.6 Å². The van der Waals surface area contributed by atoms with Crippen LogP contribution in [0.1, 0.15) is 25.3 Å². The first-order valence-electron chi connectivity index (χ1n) is 6.85. The fraction of sp³-hybridized carbons (Fsp3) is 0.571. The predicted molar refractivity (Wildman–Crippen MR) is 76.7 cm³/mol. The van der Waals surface area contributed by atoms with Crippen LogP contribution in [0.5, 0.6) is 0 Å². The molecule has 1 aliphatic rings. The van der Waals surface area contributed by atoms with Crippen LogP contribution in [-0.4, -0.2) is 30.6 Å². The highest BCUT2D eigenvalue weighted by Crippen LogP contribution is 2.26. The van der Waals surface area contributed by atoms with Crippen LogP contribution in [0.25, 0.3) is 0 Å². The molecule has 1 fully saturated rings. The molecule has 1 atom stereocenters. The van der Waals surface area contributed by atoms with Crippen LogP contribution in [0.3, 0.4) is 0 Å². The van der Waals surface area contributed by atoms with E-state index < -0.39 is 0 Å². The van der Waals surface area contributed by atoms with Gasteiger partial charge in [-0.1, -0.05) is 6.07 Å². The number of nitrogens with zero attached hydrogens (tertiary/aromatic N) is 2. The van der Waals surface area contributed by atoms with Crippen molar-refractivity contribution in [1.29, 1.82) is 0 Å². The molecule has 0 aromatic heterocycles. The number of anilines is 1. The number of benzene rings is 1. The Morgan fingerprint density at radius 2 is 2.32 bits per heavy atom. The van der Waals surface area contributed by atoms with Crippen molar-refractivity contribution in [2.24, 2.45) is 0 Å². The van der Waals surface area contributed by atoms with Crippen molar-refractivity contribution in [3.63, 3.8) is 0 Å². The molecule has 1 saturated heterocycles. The topological polar surface area (TPSA) is 58.4 Å². The number of non-ortho nitro benzene ring substituents is 1. The van der Waals surface area contributed by atoms with Crippen LogP contribution in [-0.2, 0) is 0 Å². The number of likely N-dealkylation sites (N-methyl/N-ethyl adjacent to an activating group) is 1. The molecule has 1 aliphatic heterocycles. The Labute approximate surface area is 113 Å². The standard InChI is InChI=1S/C14H21N3O2/c1-3-16(10-12-5-4-8-15-12)14-9-13(17(18)19)7-6-11(14)2/h6-7,9,12,15H,3-5,8,10H2,1-2H3. The second kappa shape index (κ2) is 6.02. The van der Waals surface area contributed by atoms with Gasteiger partial charge in [0.05, 0.1) is 4.92 Å². The Kier molecular flexibility index (Phi) is 4.37. The largest absolute Gasteiger partial charge is 0.370 e. The summed E-state index contributed by atoms with van der Waals surface area (Å²) in [5.41, 5.74) is 2.23. The maximum atomic E-state index is 10.9. The van der Waals surface area contributed by atoms with Gasteiger partial charge in [0.15, 0.2) is 0 Å². The summed E-state index contributed by atoms with van der Waals surface area (Å²) in [7, 11) is 0. The molecule has 0 saturated carbocycles. The third-order valence-electron chi connectivity index (χ3n) is 3.73. The van der Waals surface area contributed by atoms with Crippen molar-refractivity contribution >= 4 is 11.4 Å². The van der Waals surface area contributed by atoms with Crippen molar-refractivity contribution in [3.05, 3.63) is 33.9 Å². The summed E-state index contributed by atoms with van der Waals surface area (Å²) in [6.45, 7) is 6.95. The van der Waals surface area contributed by atoms with E-state index in [9.17, 15) is 10.1 Å². The van der Waals surface area contributed by atoms with Crippen molar-refractivity contribution in [3.8, 4) is 0 Å². The third kappa shape index (κ3) is 3.23. The Hall–Kier alpha value is -1.62. The molecule has 0 bridgehead atoms. The summed E-state index contributed by atoms with van der Waals surface area (Å²) in [6.07, 6.45) is 2.40. The minimum atomic E-state index is -0.329. The average Bonchev–Trinajstić information content (AvgIpc) is 2.89. The molecule has 5 heteroatoms. The quantitative estimate of drug-likeness (QED) is 0.655. The monoisotopic (exact) mass is 263 g/mol. The lowest BCUT2D eigenvalue weighted by Gasteiger charge is -2.27. The highest BCUT2D eigenvalue weighted by molar-refractivity contribution is 5.58. The van der Waals surface area contributed by atoms with Gasteiger partial charge in [0.2, 0.25) is 0 Å². The molecule has 1 aromatic carbocycles. The maximum absolute atomic E-state index is 10.9. The first-order chi connectivity index (χ1) is 9.11. The molecular formula is C14H21N3O2. The van der Waals surface area contributed by atoms with Gasteiger partial charge in [-0.25, -0.2) is 0 Å². The molecular weight excluding hydrogens is 242 g/mol. The third-order valence-corrected chi connectivity index (χ3v) is 3.73. The Bertz CT molecular complexity index is 456. The van der Waals surface area contributed by atoms with E-state index in [4.69, 9.17) is 0 Å². The lowest BCUT2D eigenvalue weighted by molar-refractivity contribution is -0.384. The zero-order chi connectivity index (χ0) is 13.8. The highest BCUT2D eigenvalue weighted by Gasteiger charge is 2.19. The summed E-state index contributed by atoms with van der Waals surface area (Å²) in [5, 5.41) is 14.4. The van der Waals surface area contributed by atoms with Gasteiger partial charge < -0.3 is 10.2 Å². The number of nitrogens with one attached hydrogen (secondary N) is 1. The number of nitro benzene ring substituents is 1. The highest BCUT2D eigenvalue weighted by atomic mass is 16.6. The Morgan fingerprint density at radius 1 is 1.53 bits per heavy atom. The van der Waals surface area contributed by atoms with Gasteiger partial charge in [0.1, 0.15) is 0 Å². The van der Waals surface area contributed by atoms with E-state index in [0.717, 1.165) is 30.9 Å². The summed E-state index contributed by atoms with van der Waals surface area (Å²) in [6, 6.07) is 5.59. The van der Waals surface area contributed by atoms with Crippen molar-refractivity contribution < 1.29 is 4.92 Å². The molecule has 1 aromatic rings. The minimum absolute atomic E-state index is 0.165. The van der Waals surface area contributed by atoms with Crippen LogP contribution in [0.4, 0.5) is 11.4 Å². The van der Waals surface area contributed by atoms with Gasteiger partial charge in [-0.3, -0.25) is 10.1 Å². The van der Waals surface area contributed by atoms with E-state index in [1.54, 1.807) is 12.1 Å². The summed E-state index contributed by atoms with van der Waals surface area (Å²) in [4.78, 5) is 12.8.